The van der Waals surface area contributed by atoms with Crippen LogP contribution < -0.4 is 5.32 Å². The minimum Gasteiger partial charge on any atom is -0.456 e. The second-order valence-electron chi connectivity index (χ2n) is 8.16. The standard InChI is InChI=1S/C25H23NO2/c1-15-8-10-21-20(13-15)25-18(6-4-12-27-25)24(26-21)16-9-11-23-19(14-16)17-5-2-3-7-22(17)28-23/h2-3,5,7-11,13-14,18,24-26H,4,6,12H2,1H3/t18-,24-,25-/m1/s1. The Morgan fingerprint density at radius 1 is 0.929 bits per heavy atom. The Morgan fingerprint density at radius 3 is 2.79 bits per heavy atom. The van der Waals surface area contributed by atoms with Crippen LogP contribution in [-0.4, -0.2) is 6.61 Å². The summed E-state index contributed by atoms with van der Waals surface area (Å²) in [4.78, 5) is 0. The van der Waals surface area contributed by atoms with Gasteiger partial charge < -0.3 is 14.5 Å². The van der Waals surface area contributed by atoms with Gasteiger partial charge in [-0.2, -0.15) is 0 Å². The summed E-state index contributed by atoms with van der Waals surface area (Å²) in [6, 6.07) is 21.8. The van der Waals surface area contributed by atoms with Crippen molar-refractivity contribution in [2.75, 3.05) is 11.9 Å². The van der Waals surface area contributed by atoms with E-state index in [1.165, 1.54) is 39.6 Å². The number of fused-ring (bicyclic) bond motifs is 6. The van der Waals surface area contributed by atoms with Crippen LogP contribution in [0, 0.1) is 12.8 Å². The third-order valence-corrected chi connectivity index (χ3v) is 6.38. The highest BCUT2D eigenvalue weighted by Gasteiger charge is 2.39. The molecule has 1 aromatic heterocycles. The minimum atomic E-state index is 0.173. The molecule has 0 unspecified atom stereocenters. The van der Waals surface area contributed by atoms with Crippen molar-refractivity contribution in [1.82, 2.24) is 0 Å². The molecular formula is C25H23NO2. The van der Waals surface area contributed by atoms with E-state index in [1.807, 2.05) is 12.1 Å². The fourth-order valence-electron chi connectivity index (χ4n) is 5.06. The summed E-state index contributed by atoms with van der Waals surface area (Å²) in [6.07, 6.45) is 2.48. The highest BCUT2D eigenvalue weighted by atomic mass is 16.5. The number of anilines is 1. The number of hydrogen-bond acceptors (Lipinski definition) is 3. The first-order valence-electron chi connectivity index (χ1n) is 10.2. The van der Waals surface area contributed by atoms with Crippen molar-refractivity contribution >= 4 is 27.6 Å². The summed E-state index contributed by atoms with van der Waals surface area (Å²) in [5.74, 6) is 0.443. The van der Waals surface area contributed by atoms with Crippen molar-refractivity contribution in [2.45, 2.75) is 31.9 Å². The van der Waals surface area contributed by atoms with Crippen LogP contribution >= 0.6 is 0 Å². The molecule has 3 atom stereocenters. The lowest BCUT2D eigenvalue weighted by atomic mass is 9.77. The van der Waals surface area contributed by atoms with Crippen LogP contribution in [0.3, 0.4) is 0 Å². The Kier molecular flexibility index (Phi) is 3.54. The van der Waals surface area contributed by atoms with Gasteiger partial charge in [-0.05, 0) is 49.6 Å². The lowest BCUT2D eigenvalue weighted by Gasteiger charge is -2.43. The van der Waals surface area contributed by atoms with E-state index in [1.54, 1.807) is 0 Å². The third-order valence-electron chi connectivity index (χ3n) is 6.38. The van der Waals surface area contributed by atoms with Gasteiger partial charge >= 0.3 is 0 Å². The first kappa shape index (κ1) is 16.2. The second-order valence-corrected chi connectivity index (χ2v) is 8.16. The SMILES string of the molecule is Cc1ccc2c(c1)[C@@H]1OCCC[C@@H]1[C@@H](c1ccc3oc4ccccc4c3c1)N2. The van der Waals surface area contributed by atoms with Gasteiger partial charge in [-0.25, -0.2) is 0 Å². The predicted octanol–water partition coefficient (Wildman–Crippen LogP) is 6.53. The Hall–Kier alpha value is -2.78. The third kappa shape index (κ3) is 2.39. The highest BCUT2D eigenvalue weighted by molar-refractivity contribution is 6.05. The van der Waals surface area contributed by atoms with Gasteiger partial charge in [-0.15, -0.1) is 0 Å². The zero-order chi connectivity index (χ0) is 18.7. The molecule has 0 bridgehead atoms. The molecule has 6 rings (SSSR count). The van der Waals surface area contributed by atoms with Crippen LogP contribution in [0.2, 0.25) is 0 Å². The molecule has 3 aromatic carbocycles. The lowest BCUT2D eigenvalue weighted by molar-refractivity contribution is -0.0381. The summed E-state index contributed by atoms with van der Waals surface area (Å²) >= 11 is 0. The van der Waals surface area contributed by atoms with Gasteiger partial charge in [-0.3, -0.25) is 0 Å². The summed E-state index contributed by atoms with van der Waals surface area (Å²) in [6.45, 7) is 3.01. The van der Waals surface area contributed by atoms with Gasteiger partial charge in [0.15, 0.2) is 0 Å². The quantitative estimate of drug-likeness (QED) is 0.414. The van der Waals surface area contributed by atoms with E-state index in [4.69, 9.17) is 9.15 Å². The Balaban J connectivity index is 1.49. The highest BCUT2D eigenvalue weighted by Crippen LogP contribution is 2.49. The number of furan rings is 1. The van der Waals surface area contributed by atoms with Crippen LogP contribution in [-0.2, 0) is 4.74 Å². The number of hydrogen-bond donors (Lipinski definition) is 1. The van der Waals surface area contributed by atoms with Gasteiger partial charge in [-0.1, -0.05) is 42.0 Å². The molecule has 0 aliphatic carbocycles. The Morgan fingerprint density at radius 2 is 1.82 bits per heavy atom. The molecule has 3 nitrogen and oxygen atoms in total. The monoisotopic (exact) mass is 369 g/mol. The van der Waals surface area contributed by atoms with E-state index in [-0.39, 0.29) is 12.1 Å². The summed E-state index contributed by atoms with van der Waals surface area (Å²) < 4.78 is 12.3. The van der Waals surface area contributed by atoms with Crippen molar-refractivity contribution < 1.29 is 9.15 Å². The average molecular weight is 369 g/mol. The molecule has 0 radical (unpaired) electrons. The van der Waals surface area contributed by atoms with E-state index in [0.29, 0.717) is 5.92 Å². The molecule has 2 aliphatic heterocycles. The van der Waals surface area contributed by atoms with Gasteiger partial charge in [0.1, 0.15) is 11.2 Å². The molecule has 0 amide bonds. The largest absolute Gasteiger partial charge is 0.456 e. The smallest absolute Gasteiger partial charge is 0.135 e. The molecule has 0 saturated carbocycles. The van der Waals surface area contributed by atoms with Crippen molar-refractivity contribution in [2.24, 2.45) is 5.92 Å². The van der Waals surface area contributed by atoms with Crippen LogP contribution in [0.5, 0.6) is 0 Å². The molecule has 3 heteroatoms. The predicted molar refractivity (Wildman–Crippen MR) is 113 cm³/mol. The van der Waals surface area contributed by atoms with Gasteiger partial charge in [0.05, 0.1) is 12.1 Å². The number of nitrogens with one attached hydrogen (secondary N) is 1. The van der Waals surface area contributed by atoms with E-state index in [0.717, 1.165) is 24.2 Å². The van der Waals surface area contributed by atoms with Gasteiger partial charge in [0.2, 0.25) is 0 Å². The van der Waals surface area contributed by atoms with Crippen molar-refractivity contribution in [3.05, 3.63) is 77.4 Å². The molecular weight excluding hydrogens is 346 g/mol. The Labute approximate surface area is 164 Å². The molecule has 1 saturated heterocycles. The van der Waals surface area contributed by atoms with Crippen molar-refractivity contribution in [3.63, 3.8) is 0 Å². The Bertz CT molecular complexity index is 1190. The first-order chi connectivity index (χ1) is 13.8. The number of para-hydroxylation sites is 1. The van der Waals surface area contributed by atoms with E-state index < -0.39 is 0 Å². The molecule has 1 fully saturated rings. The topological polar surface area (TPSA) is 34.4 Å². The number of aryl methyl sites for hydroxylation is 1. The maximum atomic E-state index is 6.30. The van der Waals surface area contributed by atoms with E-state index in [2.05, 4.69) is 60.8 Å². The summed E-state index contributed by atoms with van der Waals surface area (Å²) in [7, 11) is 0. The molecule has 140 valence electrons. The molecule has 28 heavy (non-hydrogen) atoms. The molecule has 1 N–H and O–H groups in total. The number of ether oxygens (including phenoxy) is 1. The van der Waals surface area contributed by atoms with Gasteiger partial charge in [0, 0.05) is 34.5 Å². The summed E-state index contributed by atoms with van der Waals surface area (Å²) in [5.41, 5.74) is 7.02. The fourth-order valence-corrected chi connectivity index (χ4v) is 5.06. The van der Waals surface area contributed by atoms with Gasteiger partial charge in [0.25, 0.3) is 0 Å². The molecule has 4 aromatic rings. The maximum Gasteiger partial charge on any atom is 0.135 e. The van der Waals surface area contributed by atoms with Crippen LogP contribution in [0.15, 0.2) is 65.1 Å². The lowest BCUT2D eigenvalue weighted by Crippen LogP contribution is -2.36. The van der Waals surface area contributed by atoms with Crippen LogP contribution in [0.1, 0.15) is 41.7 Å². The first-order valence-corrected chi connectivity index (χ1v) is 10.2. The molecule has 2 aliphatic rings. The van der Waals surface area contributed by atoms with Crippen molar-refractivity contribution in [3.8, 4) is 0 Å². The van der Waals surface area contributed by atoms with Crippen LogP contribution in [0.4, 0.5) is 5.69 Å². The molecule has 0 spiro atoms. The number of benzene rings is 3. The van der Waals surface area contributed by atoms with Crippen LogP contribution in [0.25, 0.3) is 21.9 Å². The second kappa shape index (κ2) is 6.11. The fraction of sp³-hybridized carbons (Fsp3) is 0.280. The zero-order valence-corrected chi connectivity index (χ0v) is 15.9. The minimum absolute atomic E-state index is 0.173. The average Bonchev–Trinajstić information content (AvgIpc) is 3.11. The zero-order valence-electron chi connectivity index (χ0n) is 15.9. The van der Waals surface area contributed by atoms with E-state index in [9.17, 15) is 0 Å². The molecule has 3 heterocycles. The summed E-state index contributed by atoms with van der Waals surface area (Å²) in [5, 5.41) is 6.21. The normalized spacial score (nSPS) is 24.0. The maximum absolute atomic E-state index is 6.30. The number of rotatable bonds is 1. The van der Waals surface area contributed by atoms with E-state index >= 15 is 0 Å². The van der Waals surface area contributed by atoms with Crippen molar-refractivity contribution in [1.29, 1.82) is 0 Å².